The fraction of sp³-hybridized carbons (Fsp3) is 0.304. The molecule has 33 heavy (non-hydrogen) atoms. The van der Waals surface area contributed by atoms with E-state index in [-0.39, 0.29) is 5.69 Å². The van der Waals surface area contributed by atoms with Crippen molar-refractivity contribution >= 4 is 29.1 Å². The van der Waals surface area contributed by atoms with Gasteiger partial charge in [-0.2, -0.15) is 13.2 Å². The number of hydrogen-bond acceptors (Lipinski definition) is 3. The fourth-order valence-corrected chi connectivity index (χ4v) is 4.34. The summed E-state index contributed by atoms with van der Waals surface area (Å²) in [4.78, 5) is 17.4. The molecule has 0 saturated carbocycles. The number of aromatic nitrogens is 2. The van der Waals surface area contributed by atoms with Gasteiger partial charge in [-0.15, -0.1) is 0 Å². The van der Waals surface area contributed by atoms with Crippen molar-refractivity contribution < 1.29 is 18.0 Å². The van der Waals surface area contributed by atoms with Gasteiger partial charge in [0.05, 0.1) is 16.3 Å². The van der Waals surface area contributed by atoms with E-state index >= 15 is 0 Å². The number of nitrogens with zero attached hydrogens (tertiary/aromatic N) is 3. The molecular weight excluding hydrogens is 476 g/mol. The fourth-order valence-electron chi connectivity index (χ4n) is 3.84. The van der Waals surface area contributed by atoms with Crippen LogP contribution in [0.4, 0.5) is 13.2 Å². The van der Waals surface area contributed by atoms with Gasteiger partial charge in [-0.1, -0.05) is 29.6 Å². The highest BCUT2D eigenvalue weighted by Gasteiger charge is 2.31. The Morgan fingerprint density at radius 1 is 1.06 bits per heavy atom. The summed E-state index contributed by atoms with van der Waals surface area (Å²) >= 11 is 12.4. The topological polar surface area (TPSA) is 50.2 Å². The molecule has 174 valence electrons. The van der Waals surface area contributed by atoms with Gasteiger partial charge in [-0.25, -0.2) is 9.99 Å². The standard InChI is InChI=1S/C23H21Cl2F3N4O/c1-14-11-15(23(26,27)28)5-8-20(14)32-13-19(22(33)30-31-9-3-2-4-10-31)29-21(32)17-7-6-16(24)12-18(17)25/h5-8,11-13H,2-4,9-10H2,1H3,(H,30,33). The second kappa shape index (κ2) is 9.37. The van der Waals surface area contributed by atoms with Crippen molar-refractivity contribution in [2.75, 3.05) is 13.1 Å². The van der Waals surface area contributed by atoms with E-state index in [9.17, 15) is 18.0 Å². The molecule has 1 amide bonds. The SMILES string of the molecule is Cc1cc(C(F)(F)F)ccc1-n1cc(C(=O)NN2CCCCC2)nc1-c1ccc(Cl)cc1Cl. The van der Waals surface area contributed by atoms with Crippen molar-refractivity contribution in [2.45, 2.75) is 32.4 Å². The molecule has 3 aromatic rings. The summed E-state index contributed by atoms with van der Waals surface area (Å²) < 4.78 is 41.1. The summed E-state index contributed by atoms with van der Waals surface area (Å²) in [5, 5.41) is 2.58. The molecule has 1 aliphatic heterocycles. The summed E-state index contributed by atoms with van der Waals surface area (Å²) in [5.41, 5.74) is 3.56. The molecule has 0 atom stereocenters. The number of carbonyl (C=O) groups is 1. The number of imidazole rings is 1. The van der Waals surface area contributed by atoms with Gasteiger partial charge < -0.3 is 0 Å². The van der Waals surface area contributed by atoms with Gasteiger partial charge in [0, 0.05) is 29.9 Å². The van der Waals surface area contributed by atoms with Gasteiger partial charge in [0.25, 0.3) is 5.91 Å². The van der Waals surface area contributed by atoms with Crippen LogP contribution < -0.4 is 5.43 Å². The van der Waals surface area contributed by atoms with Gasteiger partial charge in [0.1, 0.15) is 11.5 Å². The van der Waals surface area contributed by atoms with Crippen LogP contribution in [0.15, 0.2) is 42.6 Å². The Labute approximate surface area is 199 Å². The number of hydrogen-bond donors (Lipinski definition) is 1. The second-order valence-electron chi connectivity index (χ2n) is 7.93. The van der Waals surface area contributed by atoms with Crippen LogP contribution in [-0.2, 0) is 6.18 Å². The Morgan fingerprint density at radius 3 is 2.42 bits per heavy atom. The average molecular weight is 497 g/mol. The van der Waals surface area contributed by atoms with Crippen LogP contribution in [0, 0.1) is 6.92 Å². The van der Waals surface area contributed by atoms with Crippen molar-refractivity contribution in [3.63, 3.8) is 0 Å². The third kappa shape index (κ3) is 5.18. The molecule has 0 spiro atoms. The number of nitrogens with one attached hydrogen (secondary N) is 1. The molecule has 5 nitrogen and oxygen atoms in total. The molecule has 0 aliphatic carbocycles. The summed E-state index contributed by atoms with van der Waals surface area (Å²) in [7, 11) is 0. The van der Waals surface area contributed by atoms with E-state index < -0.39 is 17.6 Å². The predicted octanol–water partition coefficient (Wildman–Crippen LogP) is 6.30. The maximum Gasteiger partial charge on any atom is 0.416 e. The van der Waals surface area contributed by atoms with Crippen LogP contribution in [0.3, 0.4) is 0 Å². The first-order chi connectivity index (χ1) is 15.6. The smallest absolute Gasteiger partial charge is 0.299 e. The van der Waals surface area contributed by atoms with Crippen LogP contribution in [0.5, 0.6) is 0 Å². The predicted molar refractivity (Wildman–Crippen MR) is 122 cm³/mol. The molecule has 0 radical (unpaired) electrons. The minimum Gasteiger partial charge on any atom is -0.299 e. The number of aryl methyl sites for hydroxylation is 1. The van der Waals surface area contributed by atoms with Crippen molar-refractivity contribution in [3.05, 3.63) is 69.5 Å². The number of benzene rings is 2. The average Bonchev–Trinajstić information content (AvgIpc) is 3.18. The number of amides is 1. The Bertz CT molecular complexity index is 1190. The second-order valence-corrected chi connectivity index (χ2v) is 8.78. The Balaban J connectivity index is 1.78. The molecule has 1 fully saturated rings. The number of piperidine rings is 1. The summed E-state index contributed by atoms with van der Waals surface area (Å²) in [5.74, 6) is -0.0742. The lowest BCUT2D eigenvalue weighted by Gasteiger charge is -2.26. The Kier molecular flexibility index (Phi) is 6.70. The van der Waals surface area contributed by atoms with Gasteiger partial charge in [0.2, 0.25) is 0 Å². The lowest BCUT2D eigenvalue weighted by molar-refractivity contribution is -0.137. The normalized spacial score (nSPS) is 15.0. The molecule has 2 aromatic carbocycles. The molecule has 1 N–H and O–H groups in total. The maximum absolute atomic E-state index is 13.2. The number of halogens is 5. The van der Waals surface area contributed by atoms with Crippen LogP contribution in [-0.4, -0.2) is 33.6 Å². The van der Waals surface area contributed by atoms with Gasteiger partial charge in [-0.3, -0.25) is 14.8 Å². The molecular formula is C23H21Cl2F3N4O. The molecule has 0 unspecified atom stereocenters. The van der Waals surface area contributed by atoms with Crippen molar-refractivity contribution in [1.82, 2.24) is 20.0 Å². The highest BCUT2D eigenvalue weighted by atomic mass is 35.5. The first-order valence-electron chi connectivity index (χ1n) is 10.4. The van der Waals surface area contributed by atoms with Crippen LogP contribution in [0.25, 0.3) is 17.1 Å². The zero-order chi connectivity index (χ0) is 23.8. The largest absolute Gasteiger partial charge is 0.416 e. The number of rotatable bonds is 4. The molecule has 1 aliphatic rings. The van der Waals surface area contributed by atoms with Crippen molar-refractivity contribution in [2.24, 2.45) is 0 Å². The summed E-state index contributed by atoms with van der Waals surface area (Å²) in [6.07, 6.45) is 0.152. The van der Waals surface area contributed by atoms with E-state index in [0.717, 1.165) is 44.5 Å². The number of hydrazine groups is 1. The minimum atomic E-state index is -4.46. The maximum atomic E-state index is 13.2. The summed E-state index contributed by atoms with van der Waals surface area (Å²) in [6, 6.07) is 8.27. The van der Waals surface area contributed by atoms with Gasteiger partial charge >= 0.3 is 6.18 Å². The van der Waals surface area contributed by atoms with Crippen molar-refractivity contribution in [1.29, 1.82) is 0 Å². The van der Waals surface area contributed by atoms with Crippen LogP contribution >= 0.6 is 23.2 Å². The highest BCUT2D eigenvalue weighted by molar-refractivity contribution is 6.36. The lowest BCUT2D eigenvalue weighted by Crippen LogP contribution is -2.45. The Morgan fingerprint density at radius 2 is 1.79 bits per heavy atom. The van der Waals surface area contributed by atoms with Gasteiger partial charge in [0.15, 0.2) is 0 Å². The summed E-state index contributed by atoms with van der Waals surface area (Å²) in [6.45, 7) is 3.08. The highest BCUT2D eigenvalue weighted by Crippen LogP contribution is 2.35. The minimum absolute atomic E-state index is 0.126. The third-order valence-corrected chi connectivity index (χ3v) is 6.06. The van der Waals surface area contributed by atoms with E-state index in [1.807, 2.05) is 5.01 Å². The van der Waals surface area contributed by atoms with E-state index in [1.165, 1.54) is 12.3 Å². The quantitative estimate of drug-likeness (QED) is 0.460. The monoisotopic (exact) mass is 496 g/mol. The lowest BCUT2D eigenvalue weighted by atomic mass is 10.1. The number of alkyl halides is 3. The molecule has 0 bridgehead atoms. The molecule has 2 heterocycles. The zero-order valence-electron chi connectivity index (χ0n) is 17.7. The van der Waals surface area contributed by atoms with E-state index in [1.54, 1.807) is 29.7 Å². The molecule has 10 heteroatoms. The van der Waals surface area contributed by atoms with E-state index in [2.05, 4.69) is 10.4 Å². The Hall–Kier alpha value is -2.55. The third-order valence-electron chi connectivity index (χ3n) is 5.51. The first kappa shape index (κ1) is 23.6. The molecule has 1 aromatic heterocycles. The number of carbonyl (C=O) groups excluding carboxylic acids is 1. The van der Waals surface area contributed by atoms with Crippen LogP contribution in [0.1, 0.15) is 40.9 Å². The van der Waals surface area contributed by atoms with Crippen LogP contribution in [0.2, 0.25) is 10.0 Å². The van der Waals surface area contributed by atoms with Gasteiger partial charge in [-0.05, 0) is 61.7 Å². The molecule has 4 rings (SSSR count). The van der Waals surface area contributed by atoms with Crippen molar-refractivity contribution in [3.8, 4) is 17.1 Å². The van der Waals surface area contributed by atoms with E-state index in [0.29, 0.717) is 32.7 Å². The zero-order valence-corrected chi connectivity index (χ0v) is 19.2. The van der Waals surface area contributed by atoms with E-state index in [4.69, 9.17) is 23.2 Å². The molecule has 1 saturated heterocycles. The first-order valence-corrected chi connectivity index (χ1v) is 11.2.